The Balaban J connectivity index is 1.58. The largest absolute Gasteiger partial charge is 0.457 e. The van der Waals surface area contributed by atoms with E-state index in [1.807, 2.05) is 67.6 Å². The number of ketones is 1. The van der Waals surface area contributed by atoms with Gasteiger partial charge in [0.1, 0.15) is 0 Å². The summed E-state index contributed by atoms with van der Waals surface area (Å²) >= 11 is 0. The third kappa shape index (κ3) is 6.64. The van der Waals surface area contributed by atoms with Crippen molar-refractivity contribution in [3.8, 4) is 0 Å². The Labute approximate surface area is 188 Å². The molecule has 0 aliphatic carbocycles. The van der Waals surface area contributed by atoms with Crippen LogP contribution in [0.15, 0.2) is 84.9 Å². The zero-order valence-corrected chi connectivity index (χ0v) is 18.1. The summed E-state index contributed by atoms with van der Waals surface area (Å²) in [4.78, 5) is 36.7. The molecule has 0 heterocycles. The summed E-state index contributed by atoms with van der Waals surface area (Å²) in [5, 5.41) is 2.78. The summed E-state index contributed by atoms with van der Waals surface area (Å²) in [5.41, 5.74) is 3.09. The number of rotatable bonds is 10. The normalized spacial score (nSPS) is 10.6. The first-order chi connectivity index (χ1) is 15.6. The molecule has 164 valence electrons. The molecule has 0 spiro atoms. The Morgan fingerprint density at radius 1 is 0.812 bits per heavy atom. The molecule has 0 bridgehead atoms. The molecular weight excluding hydrogens is 402 g/mol. The van der Waals surface area contributed by atoms with Crippen molar-refractivity contribution < 1.29 is 19.1 Å². The monoisotopic (exact) mass is 429 g/mol. The van der Waals surface area contributed by atoms with Gasteiger partial charge >= 0.3 is 5.97 Å². The molecule has 3 aromatic rings. The highest BCUT2D eigenvalue weighted by Gasteiger charge is 2.20. The van der Waals surface area contributed by atoms with E-state index in [0.717, 1.165) is 17.5 Å². The van der Waals surface area contributed by atoms with Gasteiger partial charge in [0.05, 0.1) is 6.42 Å². The topological polar surface area (TPSA) is 72.5 Å². The second-order valence-corrected chi connectivity index (χ2v) is 7.54. The maximum Gasteiger partial charge on any atom is 0.307 e. The van der Waals surface area contributed by atoms with Crippen LogP contribution in [-0.4, -0.2) is 24.3 Å². The SMILES string of the molecule is CCCC(=O)Nc1ccc(C(=O)COC(=O)CC(c2ccccc2)c2ccccc2)cc1. The van der Waals surface area contributed by atoms with Crippen LogP contribution in [0.4, 0.5) is 5.69 Å². The van der Waals surface area contributed by atoms with Crippen molar-refractivity contribution in [3.63, 3.8) is 0 Å². The van der Waals surface area contributed by atoms with Gasteiger partial charge in [-0.15, -0.1) is 0 Å². The first-order valence-electron chi connectivity index (χ1n) is 10.8. The lowest BCUT2D eigenvalue weighted by molar-refractivity contribution is -0.142. The molecule has 0 saturated carbocycles. The number of amides is 1. The summed E-state index contributed by atoms with van der Waals surface area (Å²) in [7, 11) is 0. The van der Waals surface area contributed by atoms with Crippen LogP contribution < -0.4 is 5.32 Å². The Hall–Kier alpha value is -3.73. The molecule has 0 aliphatic rings. The van der Waals surface area contributed by atoms with E-state index in [1.54, 1.807) is 24.3 Å². The number of ether oxygens (including phenoxy) is 1. The van der Waals surface area contributed by atoms with Gasteiger partial charge in [-0.1, -0.05) is 67.6 Å². The van der Waals surface area contributed by atoms with Gasteiger partial charge in [-0.25, -0.2) is 0 Å². The maximum absolute atomic E-state index is 12.6. The highest BCUT2D eigenvalue weighted by atomic mass is 16.5. The van der Waals surface area contributed by atoms with Gasteiger partial charge in [-0.3, -0.25) is 14.4 Å². The predicted molar refractivity (Wildman–Crippen MR) is 125 cm³/mol. The van der Waals surface area contributed by atoms with Crippen molar-refractivity contribution in [1.82, 2.24) is 0 Å². The highest BCUT2D eigenvalue weighted by Crippen LogP contribution is 2.28. The van der Waals surface area contributed by atoms with Crippen LogP contribution in [0.3, 0.4) is 0 Å². The Bertz CT molecular complexity index is 991. The maximum atomic E-state index is 12.6. The Kier molecular flexibility index (Phi) is 8.32. The number of Topliss-reactive ketones (excluding diaryl/α,β-unsaturated/α-hetero) is 1. The van der Waals surface area contributed by atoms with Crippen LogP contribution in [-0.2, 0) is 14.3 Å². The minimum Gasteiger partial charge on any atom is -0.457 e. The van der Waals surface area contributed by atoms with Crippen LogP contribution in [0.2, 0.25) is 0 Å². The highest BCUT2D eigenvalue weighted by molar-refractivity contribution is 5.98. The minimum atomic E-state index is -0.431. The predicted octanol–water partition coefficient (Wildman–Crippen LogP) is 5.37. The number of hydrogen-bond acceptors (Lipinski definition) is 4. The van der Waals surface area contributed by atoms with E-state index in [0.29, 0.717) is 17.7 Å². The quantitative estimate of drug-likeness (QED) is 0.347. The average Bonchev–Trinajstić information content (AvgIpc) is 2.82. The number of carbonyl (C=O) groups is 3. The number of hydrogen-bond donors (Lipinski definition) is 1. The van der Waals surface area contributed by atoms with E-state index in [-0.39, 0.29) is 30.6 Å². The van der Waals surface area contributed by atoms with E-state index in [2.05, 4.69) is 5.32 Å². The molecule has 0 aromatic heterocycles. The molecule has 0 atom stereocenters. The van der Waals surface area contributed by atoms with Crippen LogP contribution >= 0.6 is 0 Å². The van der Waals surface area contributed by atoms with Crippen molar-refractivity contribution >= 4 is 23.3 Å². The van der Waals surface area contributed by atoms with Crippen molar-refractivity contribution in [1.29, 1.82) is 0 Å². The Morgan fingerprint density at radius 2 is 1.38 bits per heavy atom. The van der Waals surface area contributed by atoms with E-state index >= 15 is 0 Å². The summed E-state index contributed by atoms with van der Waals surface area (Å²) in [6.07, 6.45) is 1.36. The third-order valence-electron chi connectivity index (χ3n) is 5.11. The van der Waals surface area contributed by atoms with Crippen molar-refractivity contribution in [2.24, 2.45) is 0 Å². The molecule has 0 saturated heterocycles. The lowest BCUT2D eigenvalue weighted by Gasteiger charge is -2.17. The average molecular weight is 430 g/mol. The van der Waals surface area contributed by atoms with E-state index in [9.17, 15) is 14.4 Å². The standard InChI is InChI=1S/C27H27NO4/c1-2-9-26(30)28-23-16-14-22(15-17-23)25(29)19-32-27(31)18-24(20-10-5-3-6-11-20)21-12-7-4-8-13-21/h3-8,10-17,24H,2,9,18-19H2,1H3,(H,28,30). The summed E-state index contributed by atoms with van der Waals surface area (Å²) in [6, 6.07) is 26.1. The van der Waals surface area contributed by atoms with Crippen LogP contribution in [0.5, 0.6) is 0 Å². The number of benzene rings is 3. The zero-order valence-electron chi connectivity index (χ0n) is 18.1. The molecule has 0 unspecified atom stereocenters. The fraction of sp³-hybridized carbons (Fsp3) is 0.222. The van der Waals surface area contributed by atoms with Gasteiger partial charge in [-0.2, -0.15) is 0 Å². The first-order valence-corrected chi connectivity index (χ1v) is 10.8. The van der Waals surface area contributed by atoms with Crippen LogP contribution in [0.25, 0.3) is 0 Å². The number of nitrogens with one attached hydrogen (secondary N) is 1. The zero-order chi connectivity index (χ0) is 22.8. The number of esters is 1. The molecule has 3 rings (SSSR count). The van der Waals surface area contributed by atoms with Gasteiger partial charge in [-0.05, 0) is 41.8 Å². The fourth-order valence-corrected chi connectivity index (χ4v) is 3.44. The molecular formula is C27H27NO4. The van der Waals surface area contributed by atoms with Gasteiger partial charge in [0.25, 0.3) is 0 Å². The molecule has 1 amide bonds. The van der Waals surface area contributed by atoms with E-state index in [4.69, 9.17) is 4.74 Å². The van der Waals surface area contributed by atoms with Crippen LogP contribution in [0.1, 0.15) is 53.6 Å². The second kappa shape index (κ2) is 11.6. The third-order valence-corrected chi connectivity index (χ3v) is 5.11. The number of carbonyl (C=O) groups excluding carboxylic acids is 3. The lowest BCUT2D eigenvalue weighted by atomic mass is 9.89. The van der Waals surface area contributed by atoms with Gasteiger partial charge in [0.15, 0.2) is 12.4 Å². The first kappa shape index (κ1) is 22.9. The van der Waals surface area contributed by atoms with Gasteiger partial charge in [0, 0.05) is 23.6 Å². The van der Waals surface area contributed by atoms with Crippen LogP contribution in [0, 0.1) is 0 Å². The number of anilines is 1. The lowest BCUT2D eigenvalue weighted by Crippen LogP contribution is -2.17. The van der Waals surface area contributed by atoms with Gasteiger partial charge in [0.2, 0.25) is 5.91 Å². The van der Waals surface area contributed by atoms with Crippen molar-refractivity contribution in [3.05, 3.63) is 102 Å². The molecule has 5 heteroatoms. The molecule has 3 aromatic carbocycles. The molecule has 0 aliphatic heterocycles. The minimum absolute atomic E-state index is 0.0631. The fourth-order valence-electron chi connectivity index (χ4n) is 3.44. The summed E-state index contributed by atoms with van der Waals surface area (Å²) in [6.45, 7) is 1.61. The van der Waals surface area contributed by atoms with E-state index in [1.165, 1.54) is 0 Å². The van der Waals surface area contributed by atoms with Crippen molar-refractivity contribution in [2.75, 3.05) is 11.9 Å². The molecule has 5 nitrogen and oxygen atoms in total. The smallest absolute Gasteiger partial charge is 0.307 e. The second-order valence-electron chi connectivity index (χ2n) is 7.54. The molecule has 1 N–H and O–H groups in total. The molecule has 0 fully saturated rings. The summed E-state index contributed by atoms with van der Waals surface area (Å²) in [5.74, 6) is -0.932. The summed E-state index contributed by atoms with van der Waals surface area (Å²) < 4.78 is 5.30. The van der Waals surface area contributed by atoms with Gasteiger partial charge < -0.3 is 10.1 Å². The van der Waals surface area contributed by atoms with Crippen molar-refractivity contribution in [2.45, 2.75) is 32.1 Å². The molecule has 32 heavy (non-hydrogen) atoms. The Morgan fingerprint density at radius 3 is 1.91 bits per heavy atom. The molecule has 0 radical (unpaired) electrons. The van der Waals surface area contributed by atoms with E-state index < -0.39 is 5.97 Å².